The Labute approximate surface area is 89.1 Å². The number of ether oxygens (including phenoxy) is 2. The fourth-order valence-electron chi connectivity index (χ4n) is 1.30. The molecule has 1 aromatic rings. The van der Waals surface area contributed by atoms with Gasteiger partial charge in [-0.3, -0.25) is 0 Å². The van der Waals surface area contributed by atoms with Crippen molar-refractivity contribution in [3.8, 4) is 11.5 Å². The van der Waals surface area contributed by atoms with Crippen molar-refractivity contribution in [2.24, 2.45) is 5.11 Å². The zero-order valence-electron chi connectivity index (χ0n) is 9.37. The predicted molar refractivity (Wildman–Crippen MR) is 58.7 cm³/mol. The van der Waals surface area contributed by atoms with Crippen molar-refractivity contribution in [1.82, 2.24) is 0 Å². The van der Waals surface area contributed by atoms with Crippen LogP contribution in [0.2, 0.25) is 0 Å². The van der Waals surface area contributed by atoms with Gasteiger partial charge in [0.05, 0.1) is 19.9 Å². The van der Waals surface area contributed by atoms with E-state index in [0.717, 1.165) is 5.69 Å². The molecule has 1 aromatic carbocycles. The van der Waals surface area contributed by atoms with E-state index in [0.29, 0.717) is 17.2 Å². The van der Waals surface area contributed by atoms with E-state index >= 15 is 0 Å². The Hall–Kier alpha value is -1.78. The van der Waals surface area contributed by atoms with Crippen LogP contribution >= 0.6 is 0 Å². The van der Waals surface area contributed by atoms with Gasteiger partial charge >= 0.3 is 0 Å². The van der Waals surface area contributed by atoms with Crippen molar-refractivity contribution in [2.75, 3.05) is 33.2 Å². The zero-order valence-corrected chi connectivity index (χ0v) is 9.37. The van der Waals surface area contributed by atoms with E-state index < -0.39 is 0 Å². The highest BCUT2D eigenvalue weighted by molar-refractivity contribution is 5.69. The number of benzene rings is 1. The van der Waals surface area contributed by atoms with Gasteiger partial charge in [-0.15, -0.1) is 0 Å². The molecule has 0 saturated carbocycles. The summed E-state index contributed by atoms with van der Waals surface area (Å²) in [6.07, 6.45) is 0. The van der Waals surface area contributed by atoms with Crippen LogP contribution in [0.25, 0.3) is 0 Å². The minimum Gasteiger partial charge on any atom is -0.494 e. The third-order valence-corrected chi connectivity index (χ3v) is 2.08. The van der Waals surface area contributed by atoms with Crippen LogP contribution in [0.1, 0.15) is 0 Å². The molecule has 0 amide bonds. The molecule has 0 atom stereocenters. The SMILES string of the molecule is COc1cc(N(C)C)c(OC)cc1N=N. The lowest BCUT2D eigenvalue weighted by molar-refractivity contribution is 0.404. The fourth-order valence-corrected chi connectivity index (χ4v) is 1.30. The summed E-state index contributed by atoms with van der Waals surface area (Å²) in [6.45, 7) is 0. The number of nitrogens with one attached hydrogen (secondary N) is 1. The number of methoxy groups -OCH3 is 2. The van der Waals surface area contributed by atoms with Gasteiger partial charge in [-0.05, 0) is 0 Å². The molecule has 1 rings (SSSR count). The highest BCUT2D eigenvalue weighted by Crippen LogP contribution is 2.38. The molecule has 0 fully saturated rings. The molecule has 0 bridgehead atoms. The molecule has 5 heteroatoms. The number of anilines is 1. The van der Waals surface area contributed by atoms with E-state index in [-0.39, 0.29) is 0 Å². The summed E-state index contributed by atoms with van der Waals surface area (Å²) in [5, 5.41) is 3.38. The second kappa shape index (κ2) is 4.63. The first-order valence-electron chi connectivity index (χ1n) is 4.44. The monoisotopic (exact) mass is 209 g/mol. The van der Waals surface area contributed by atoms with Crippen molar-refractivity contribution in [2.45, 2.75) is 0 Å². The van der Waals surface area contributed by atoms with Crippen LogP contribution in [0.4, 0.5) is 11.4 Å². The van der Waals surface area contributed by atoms with E-state index in [9.17, 15) is 0 Å². The molecule has 0 spiro atoms. The third kappa shape index (κ3) is 2.18. The lowest BCUT2D eigenvalue weighted by Crippen LogP contribution is -2.10. The van der Waals surface area contributed by atoms with Gasteiger partial charge in [-0.2, -0.15) is 5.11 Å². The topological polar surface area (TPSA) is 57.9 Å². The maximum absolute atomic E-state index is 7.01. The second-order valence-electron chi connectivity index (χ2n) is 3.20. The van der Waals surface area contributed by atoms with E-state index in [1.165, 1.54) is 0 Å². The first-order chi connectivity index (χ1) is 7.13. The Kier molecular flexibility index (Phi) is 3.49. The van der Waals surface area contributed by atoms with Crippen molar-refractivity contribution in [1.29, 1.82) is 5.53 Å². The molecule has 0 radical (unpaired) electrons. The van der Waals surface area contributed by atoms with Gasteiger partial charge < -0.3 is 14.4 Å². The van der Waals surface area contributed by atoms with Crippen LogP contribution in [0.3, 0.4) is 0 Å². The molecule has 82 valence electrons. The van der Waals surface area contributed by atoms with Gasteiger partial charge in [0.2, 0.25) is 0 Å². The van der Waals surface area contributed by atoms with Crippen molar-refractivity contribution >= 4 is 11.4 Å². The molecule has 0 unspecified atom stereocenters. The average molecular weight is 209 g/mol. The minimum absolute atomic E-state index is 0.458. The summed E-state index contributed by atoms with van der Waals surface area (Å²) in [5.41, 5.74) is 8.36. The molecule has 0 aliphatic rings. The molecular weight excluding hydrogens is 194 g/mol. The van der Waals surface area contributed by atoms with Crippen LogP contribution in [0.15, 0.2) is 17.2 Å². The van der Waals surface area contributed by atoms with E-state index in [1.54, 1.807) is 26.4 Å². The molecule has 1 N–H and O–H groups in total. The average Bonchev–Trinajstić information content (AvgIpc) is 2.26. The molecule has 0 heterocycles. The van der Waals surface area contributed by atoms with Crippen LogP contribution in [0, 0.1) is 5.53 Å². The van der Waals surface area contributed by atoms with E-state index in [2.05, 4.69) is 5.11 Å². The standard InChI is InChI=1S/C10H15N3O2/c1-13(2)8-6-9(14-3)7(12-11)5-10(8)15-4/h5-6,11H,1-4H3. The normalized spacial score (nSPS) is 9.60. The Bertz CT molecular complexity index is 364. The Morgan fingerprint density at radius 3 is 2.13 bits per heavy atom. The third-order valence-electron chi connectivity index (χ3n) is 2.08. The van der Waals surface area contributed by atoms with Crippen molar-refractivity contribution < 1.29 is 9.47 Å². The predicted octanol–water partition coefficient (Wildman–Crippen LogP) is 2.43. The van der Waals surface area contributed by atoms with Crippen LogP contribution in [-0.2, 0) is 0 Å². The molecule has 0 aromatic heterocycles. The van der Waals surface area contributed by atoms with Crippen LogP contribution in [0.5, 0.6) is 11.5 Å². The molecule has 15 heavy (non-hydrogen) atoms. The van der Waals surface area contributed by atoms with Crippen LogP contribution < -0.4 is 14.4 Å². The summed E-state index contributed by atoms with van der Waals surface area (Å²) >= 11 is 0. The van der Waals surface area contributed by atoms with Gasteiger partial charge in [-0.1, -0.05) is 0 Å². The molecule has 0 aliphatic heterocycles. The number of rotatable bonds is 4. The quantitative estimate of drug-likeness (QED) is 0.775. The fraction of sp³-hybridized carbons (Fsp3) is 0.400. The summed E-state index contributed by atoms with van der Waals surface area (Å²) in [5.74, 6) is 1.24. The van der Waals surface area contributed by atoms with Crippen molar-refractivity contribution in [3.05, 3.63) is 12.1 Å². The van der Waals surface area contributed by atoms with Crippen molar-refractivity contribution in [3.63, 3.8) is 0 Å². The number of nitrogens with zero attached hydrogens (tertiary/aromatic N) is 2. The van der Waals surface area contributed by atoms with Gasteiger partial charge in [0, 0.05) is 26.2 Å². The van der Waals surface area contributed by atoms with Gasteiger partial charge in [0.1, 0.15) is 17.2 Å². The minimum atomic E-state index is 0.458. The smallest absolute Gasteiger partial charge is 0.148 e. The second-order valence-corrected chi connectivity index (χ2v) is 3.20. The highest BCUT2D eigenvalue weighted by Gasteiger charge is 2.11. The van der Waals surface area contributed by atoms with Gasteiger partial charge in [0.15, 0.2) is 0 Å². The molecular formula is C10H15N3O2. The molecule has 5 nitrogen and oxygen atoms in total. The Balaban J connectivity index is 3.33. The first-order valence-corrected chi connectivity index (χ1v) is 4.44. The molecule has 0 aliphatic carbocycles. The Morgan fingerprint density at radius 1 is 1.13 bits per heavy atom. The van der Waals surface area contributed by atoms with E-state index in [1.807, 2.05) is 19.0 Å². The zero-order chi connectivity index (χ0) is 11.4. The highest BCUT2D eigenvalue weighted by atomic mass is 16.5. The summed E-state index contributed by atoms with van der Waals surface area (Å²) in [7, 11) is 6.96. The number of hydrogen-bond acceptors (Lipinski definition) is 5. The van der Waals surface area contributed by atoms with E-state index in [4.69, 9.17) is 15.0 Å². The lowest BCUT2D eigenvalue weighted by Gasteiger charge is -2.18. The first kappa shape index (κ1) is 11.3. The summed E-state index contributed by atoms with van der Waals surface area (Å²) in [6, 6.07) is 3.48. The molecule has 0 saturated heterocycles. The van der Waals surface area contributed by atoms with Gasteiger partial charge in [-0.25, -0.2) is 5.53 Å². The number of hydrogen-bond donors (Lipinski definition) is 1. The summed E-state index contributed by atoms with van der Waals surface area (Å²) in [4.78, 5) is 1.91. The Morgan fingerprint density at radius 2 is 1.73 bits per heavy atom. The van der Waals surface area contributed by atoms with Gasteiger partial charge in [0.25, 0.3) is 0 Å². The van der Waals surface area contributed by atoms with Crippen LogP contribution in [-0.4, -0.2) is 28.3 Å². The maximum Gasteiger partial charge on any atom is 0.148 e. The largest absolute Gasteiger partial charge is 0.494 e. The summed E-state index contributed by atoms with van der Waals surface area (Å²) < 4.78 is 10.3. The lowest BCUT2D eigenvalue weighted by atomic mass is 10.2. The maximum atomic E-state index is 7.01.